The SMILES string of the molecule is COc1ccccc1NC(=O)CN(CCCCO)C1CC1. The number of benzene rings is 1. The largest absolute Gasteiger partial charge is 0.495 e. The lowest BCUT2D eigenvalue weighted by Gasteiger charge is -2.21. The van der Waals surface area contributed by atoms with Gasteiger partial charge in [-0.1, -0.05) is 12.1 Å². The Balaban J connectivity index is 1.86. The molecule has 1 aromatic carbocycles. The molecule has 0 aliphatic heterocycles. The van der Waals surface area contributed by atoms with Gasteiger partial charge in [0.05, 0.1) is 19.3 Å². The maximum absolute atomic E-state index is 12.2. The first kappa shape index (κ1) is 15.8. The molecule has 116 valence electrons. The highest BCUT2D eigenvalue weighted by Gasteiger charge is 2.29. The van der Waals surface area contributed by atoms with Crippen molar-refractivity contribution in [2.24, 2.45) is 0 Å². The molecular weight excluding hydrogens is 268 g/mol. The highest BCUT2D eigenvalue weighted by Crippen LogP contribution is 2.27. The summed E-state index contributed by atoms with van der Waals surface area (Å²) in [5, 5.41) is 11.8. The summed E-state index contributed by atoms with van der Waals surface area (Å²) in [6, 6.07) is 7.95. The predicted octanol–water partition coefficient (Wildman–Crippen LogP) is 1.87. The maximum Gasteiger partial charge on any atom is 0.238 e. The maximum atomic E-state index is 12.2. The van der Waals surface area contributed by atoms with Gasteiger partial charge in [0.25, 0.3) is 0 Å². The highest BCUT2D eigenvalue weighted by atomic mass is 16.5. The van der Waals surface area contributed by atoms with Crippen molar-refractivity contribution >= 4 is 11.6 Å². The second-order valence-corrected chi connectivity index (χ2v) is 5.38. The van der Waals surface area contributed by atoms with Crippen molar-refractivity contribution < 1.29 is 14.6 Å². The zero-order valence-corrected chi connectivity index (χ0v) is 12.5. The molecule has 21 heavy (non-hydrogen) atoms. The Hall–Kier alpha value is -1.59. The Morgan fingerprint density at radius 3 is 2.81 bits per heavy atom. The van der Waals surface area contributed by atoms with Crippen LogP contribution < -0.4 is 10.1 Å². The molecule has 0 heterocycles. The molecule has 2 N–H and O–H groups in total. The number of aliphatic hydroxyl groups is 1. The average Bonchev–Trinajstić information content (AvgIpc) is 3.31. The predicted molar refractivity (Wildman–Crippen MR) is 82.5 cm³/mol. The zero-order valence-electron chi connectivity index (χ0n) is 12.5. The lowest BCUT2D eigenvalue weighted by Crippen LogP contribution is -2.35. The quantitative estimate of drug-likeness (QED) is 0.682. The second kappa shape index (κ2) is 8.00. The Morgan fingerprint density at radius 2 is 2.14 bits per heavy atom. The van der Waals surface area contributed by atoms with Crippen molar-refractivity contribution in [3.63, 3.8) is 0 Å². The van der Waals surface area contributed by atoms with E-state index in [1.807, 2.05) is 24.3 Å². The lowest BCUT2D eigenvalue weighted by molar-refractivity contribution is -0.117. The number of carbonyl (C=O) groups excluding carboxylic acids is 1. The number of carbonyl (C=O) groups is 1. The second-order valence-electron chi connectivity index (χ2n) is 5.38. The van der Waals surface area contributed by atoms with Gasteiger partial charge in [0, 0.05) is 12.6 Å². The number of ether oxygens (including phenoxy) is 1. The first-order chi connectivity index (χ1) is 10.2. The minimum Gasteiger partial charge on any atom is -0.495 e. The van der Waals surface area contributed by atoms with Gasteiger partial charge in [-0.2, -0.15) is 0 Å². The molecule has 0 saturated heterocycles. The third-order valence-electron chi connectivity index (χ3n) is 3.64. The number of unbranched alkanes of at least 4 members (excludes halogenated alkanes) is 1. The molecule has 0 spiro atoms. The van der Waals surface area contributed by atoms with Gasteiger partial charge in [-0.15, -0.1) is 0 Å². The van der Waals surface area contributed by atoms with E-state index in [1.54, 1.807) is 7.11 Å². The molecule has 5 heteroatoms. The fourth-order valence-electron chi connectivity index (χ4n) is 2.38. The van der Waals surface area contributed by atoms with E-state index in [1.165, 1.54) is 12.8 Å². The minimum absolute atomic E-state index is 0.0181. The topological polar surface area (TPSA) is 61.8 Å². The highest BCUT2D eigenvalue weighted by molar-refractivity contribution is 5.93. The summed E-state index contributed by atoms with van der Waals surface area (Å²) >= 11 is 0. The van der Waals surface area contributed by atoms with Gasteiger partial charge >= 0.3 is 0 Å². The molecule has 0 atom stereocenters. The standard InChI is InChI=1S/C16H24N2O3/c1-21-15-7-3-2-6-14(15)17-16(20)12-18(13-8-9-13)10-4-5-11-19/h2-3,6-7,13,19H,4-5,8-12H2,1H3,(H,17,20). The number of methoxy groups -OCH3 is 1. The van der Waals surface area contributed by atoms with Crippen molar-refractivity contribution in [3.8, 4) is 5.75 Å². The molecule has 1 amide bonds. The molecule has 1 saturated carbocycles. The summed E-state index contributed by atoms with van der Waals surface area (Å²) in [4.78, 5) is 14.4. The smallest absolute Gasteiger partial charge is 0.238 e. The van der Waals surface area contributed by atoms with Crippen LogP contribution in [0.2, 0.25) is 0 Å². The molecule has 1 aliphatic rings. The number of aliphatic hydroxyl groups excluding tert-OH is 1. The number of hydrogen-bond donors (Lipinski definition) is 2. The molecule has 2 rings (SSSR count). The Bertz CT molecular complexity index is 461. The average molecular weight is 292 g/mol. The first-order valence-corrected chi connectivity index (χ1v) is 7.52. The lowest BCUT2D eigenvalue weighted by atomic mass is 10.2. The fraction of sp³-hybridized carbons (Fsp3) is 0.562. The molecule has 0 radical (unpaired) electrons. The van der Waals surface area contributed by atoms with Crippen molar-refractivity contribution in [3.05, 3.63) is 24.3 Å². The van der Waals surface area contributed by atoms with Gasteiger partial charge in [0.1, 0.15) is 5.75 Å². The van der Waals surface area contributed by atoms with Crippen LogP contribution in [0.5, 0.6) is 5.75 Å². The van der Waals surface area contributed by atoms with Gasteiger partial charge in [0.15, 0.2) is 0 Å². The minimum atomic E-state index is -0.0181. The molecule has 5 nitrogen and oxygen atoms in total. The third-order valence-corrected chi connectivity index (χ3v) is 3.64. The van der Waals surface area contributed by atoms with E-state index >= 15 is 0 Å². The molecular formula is C16H24N2O3. The summed E-state index contributed by atoms with van der Waals surface area (Å²) < 4.78 is 5.23. The normalized spacial score (nSPS) is 14.2. The summed E-state index contributed by atoms with van der Waals surface area (Å²) in [6.07, 6.45) is 4.05. The molecule has 0 unspecified atom stereocenters. The number of anilines is 1. The van der Waals surface area contributed by atoms with Gasteiger partial charge in [0.2, 0.25) is 5.91 Å². The van der Waals surface area contributed by atoms with Crippen molar-refractivity contribution in [1.82, 2.24) is 4.90 Å². The van der Waals surface area contributed by atoms with Gasteiger partial charge < -0.3 is 15.2 Å². The molecule has 1 fully saturated rings. The summed E-state index contributed by atoms with van der Waals surface area (Å²) in [7, 11) is 1.59. The number of para-hydroxylation sites is 2. The molecule has 0 bridgehead atoms. The van der Waals surface area contributed by atoms with E-state index in [-0.39, 0.29) is 12.5 Å². The van der Waals surface area contributed by atoms with E-state index in [9.17, 15) is 4.79 Å². The van der Waals surface area contributed by atoms with Gasteiger partial charge in [-0.3, -0.25) is 9.69 Å². The monoisotopic (exact) mass is 292 g/mol. The van der Waals surface area contributed by atoms with E-state index in [0.29, 0.717) is 24.0 Å². The number of amides is 1. The number of rotatable bonds is 9. The van der Waals surface area contributed by atoms with Crippen molar-refractivity contribution in [2.75, 3.05) is 32.1 Å². The van der Waals surface area contributed by atoms with Crippen LogP contribution in [-0.4, -0.2) is 48.8 Å². The van der Waals surface area contributed by atoms with Gasteiger partial charge in [-0.25, -0.2) is 0 Å². The van der Waals surface area contributed by atoms with Crippen LogP contribution in [0.25, 0.3) is 0 Å². The van der Waals surface area contributed by atoms with Crippen molar-refractivity contribution in [1.29, 1.82) is 0 Å². The third kappa shape index (κ3) is 5.02. The van der Waals surface area contributed by atoms with E-state index in [0.717, 1.165) is 19.4 Å². The van der Waals surface area contributed by atoms with Crippen LogP contribution in [0.1, 0.15) is 25.7 Å². The molecule has 0 aromatic heterocycles. The van der Waals surface area contributed by atoms with Crippen LogP contribution in [0, 0.1) is 0 Å². The van der Waals surface area contributed by atoms with Crippen LogP contribution in [0.3, 0.4) is 0 Å². The van der Waals surface area contributed by atoms with E-state index in [2.05, 4.69) is 10.2 Å². The van der Waals surface area contributed by atoms with Crippen LogP contribution >= 0.6 is 0 Å². The molecule has 1 aliphatic carbocycles. The number of nitrogens with one attached hydrogen (secondary N) is 1. The first-order valence-electron chi connectivity index (χ1n) is 7.52. The van der Waals surface area contributed by atoms with E-state index < -0.39 is 0 Å². The number of hydrogen-bond acceptors (Lipinski definition) is 4. The molecule has 1 aromatic rings. The van der Waals surface area contributed by atoms with Gasteiger partial charge in [-0.05, 0) is 44.4 Å². The zero-order chi connectivity index (χ0) is 15.1. The van der Waals surface area contributed by atoms with E-state index in [4.69, 9.17) is 9.84 Å². The number of nitrogens with zero attached hydrogens (tertiary/aromatic N) is 1. The summed E-state index contributed by atoms with van der Waals surface area (Å²) in [6.45, 7) is 1.48. The Labute approximate surface area is 125 Å². The van der Waals surface area contributed by atoms with Crippen LogP contribution in [0.15, 0.2) is 24.3 Å². The van der Waals surface area contributed by atoms with Crippen LogP contribution in [0.4, 0.5) is 5.69 Å². The fourth-order valence-corrected chi connectivity index (χ4v) is 2.38. The van der Waals surface area contributed by atoms with Crippen molar-refractivity contribution in [2.45, 2.75) is 31.7 Å². The van der Waals surface area contributed by atoms with Crippen LogP contribution in [-0.2, 0) is 4.79 Å². The summed E-state index contributed by atoms with van der Waals surface area (Å²) in [5.74, 6) is 0.652. The Morgan fingerprint density at radius 1 is 1.38 bits per heavy atom. The Kier molecular flexibility index (Phi) is 6.02. The summed E-state index contributed by atoms with van der Waals surface area (Å²) in [5.41, 5.74) is 0.705.